The second kappa shape index (κ2) is 6.79. The van der Waals surface area contributed by atoms with Crippen molar-refractivity contribution in [1.82, 2.24) is 0 Å². The van der Waals surface area contributed by atoms with Gasteiger partial charge in [0.25, 0.3) is 0 Å². The molecule has 2 aromatic carbocycles. The highest BCUT2D eigenvalue weighted by atomic mass is 19.1. The molecule has 0 saturated carbocycles. The summed E-state index contributed by atoms with van der Waals surface area (Å²) in [5.74, 6) is 1.03. The van der Waals surface area contributed by atoms with Gasteiger partial charge in [0, 0.05) is 12.1 Å². The van der Waals surface area contributed by atoms with Crippen LogP contribution in [-0.4, -0.2) is 20.8 Å². The van der Waals surface area contributed by atoms with Gasteiger partial charge in [-0.3, -0.25) is 0 Å². The van der Waals surface area contributed by atoms with Crippen molar-refractivity contribution in [2.24, 2.45) is 0 Å². The lowest BCUT2D eigenvalue weighted by molar-refractivity contribution is 0.395. The fourth-order valence-electron chi connectivity index (χ4n) is 3.34. The van der Waals surface area contributed by atoms with Gasteiger partial charge in [-0.1, -0.05) is 6.07 Å². The lowest BCUT2D eigenvalue weighted by atomic mass is 10.0. The Labute approximate surface area is 141 Å². The second-order valence-corrected chi connectivity index (χ2v) is 5.71. The van der Waals surface area contributed by atoms with Crippen LogP contribution in [0.2, 0.25) is 0 Å². The molecule has 0 aliphatic carbocycles. The van der Waals surface area contributed by atoms with E-state index in [1.807, 2.05) is 24.3 Å². The number of benzene rings is 2. The van der Waals surface area contributed by atoms with Gasteiger partial charge in [0.15, 0.2) is 0 Å². The SMILES string of the molecule is COc1ccc(OC)c([C@H]2CCCN2c2cccc(F)c2C#N)c1. The Morgan fingerprint density at radius 1 is 1.21 bits per heavy atom. The van der Waals surface area contributed by atoms with Gasteiger partial charge in [-0.05, 0) is 43.2 Å². The number of hydrogen-bond donors (Lipinski definition) is 0. The maximum Gasteiger partial charge on any atom is 0.143 e. The first-order chi connectivity index (χ1) is 11.7. The minimum atomic E-state index is -0.488. The molecule has 1 aliphatic rings. The number of ether oxygens (including phenoxy) is 2. The molecule has 1 atom stereocenters. The van der Waals surface area contributed by atoms with E-state index in [1.54, 1.807) is 26.4 Å². The molecule has 5 heteroatoms. The summed E-state index contributed by atoms with van der Waals surface area (Å²) >= 11 is 0. The third-order valence-electron chi connectivity index (χ3n) is 4.46. The first-order valence-electron chi connectivity index (χ1n) is 7.86. The Kier molecular flexibility index (Phi) is 4.57. The van der Waals surface area contributed by atoms with E-state index in [0.29, 0.717) is 5.69 Å². The predicted octanol–water partition coefficient (Wildman–Crippen LogP) is 4.06. The van der Waals surface area contributed by atoms with E-state index in [-0.39, 0.29) is 11.6 Å². The number of anilines is 1. The molecular formula is C19H19FN2O2. The van der Waals surface area contributed by atoms with Crippen LogP contribution in [0.3, 0.4) is 0 Å². The van der Waals surface area contributed by atoms with E-state index < -0.39 is 5.82 Å². The second-order valence-electron chi connectivity index (χ2n) is 5.71. The maximum atomic E-state index is 14.0. The molecule has 0 bridgehead atoms. The van der Waals surface area contributed by atoms with Crippen molar-refractivity contribution in [3.05, 3.63) is 53.3 Å². The molecule has 3 rings (SSSR count). The monoisotopic (exact) mass is 326 g/mol. The van der Waals surface area contributed by atoms with Crippen LogP contribution in [0.4, 0.5) is 10.1 Å². The van der Waals surface area contributed by atoms with Gasteiger partial charge in [-0.2, -0.15) is 5.26 Å². The fraction of sp³-hybridized carbons (Fsp3) is 0.316. The average molecular weight is 326 g/mol. The van der Waals surface area contributed by atoms with Crippen LogP contribution in [0, 0.1) is 17.1 Å². The number of halogens is 1. The van der Waals surface area contributed by atoms with Crippen LogP contribution in [-0.2, 0) is 0 Å². The van der Waals surface area contributed by atoms with E-state index >= 15 is 0 Å². The molecule has 0 amide bonds. The quantitative estimate of drug-likeness (QED) is 0.850. The Hall–Kier alpha value is -2.74. The third-order valence-corrected chi connectivity index (χ3v) is 4.46. The van der Waals surface area contributed by atoms with Crippen LogP contribution >= 0.6 is 0 Å². The number of methoxy groups -OCH3 is 2. The van der Waals surface area contributed by atoms with Crippen LogP contribution in [0.1, 0.15) is 30.0 Å². The van der Waals surface area contributed by atoms with Crippen molar-refractivity contribution in [2.75, 3.05) is 25.7 Å². The summed E-state index contributed by atoms with van der Waals surface area (Å²) in [6, 6.07) is 12.4. The molecule has 0 radical (unpaired) electrons. The largest absolute Gasteiger partial charge is 0.497 e. The lowest BCUT2D eigenvalue weighted by Crippen LogP contribution is -2.24. The fourth-order valence-corrected chi connectivity index (χ4v) is 3.34. The van der Waals surface area contributed by atoms with Gasteiger partial charge in [0.1, 0.15) is 28.9 Å². The lowest BCUT2D eigenvalue weighted by Gasteiger charge is -2.29. The van der Waals surface area contributed by atoms with Crippen molar-refractivity contribution < 1.29 is 13.9 Å². The van der Waals surface area contributed by atoms with Gasteiger partial charge in [-0.15, -0.1) is 0 Å². The van der Waals surface area contributed by atoms with Crippen molar-refractivity contribution in [2.45, 2.75) is 18.9 Å². The summed E-state index contributed by atoms with van der Waals surface area (Å²) in [6.07, 6.45) is 1.87. The molecule has 4 nitrogen and oxygen atoms in total. The van der Waals surface area contributed by atoms with Crippen molar-refractivity contribution in [3.63, 3.8) is 0 Å². The Morgan fingerprint density at radius 2 is 2.04 bits per heavy atom. The van der Waals surface area contributed by atoms with E-state index in [2.05, 4.69) is 4.90 Å². The topological polar surface area (TPSA) is 45.5 Å². The number of nitriles is 1. The number of nitrogens with zero attached hydrogens (tertiary/aromatic N) is 2. The Bertz CT molecular complexity index is 785. The highest BCUT2D eigenvalue weighted by molar-refractivity contribution is 5.62. The molecule has 1 saturated heterocycles. The summed E-state index contributed by atoms with van der Waals surface area (Å²) in [6.45, 7) is 0.767. The van der Waals surface area contributed by atoms with Crippen molar-refractivity contribution in [3.8, 4) is 17.6 Å². The Morgan fingerprint density at radius 3 is 2.75 bits per heavy atom. The van der Waals surface area contributed by atoms with E-state index in [1.165, 1.54) is 6.07 Å². The molecule has 1 fully saturated rings. The maximum absolute atomic E-state index is 14.0. The normalized spacial score (nSPS) is 16.8. The first kappa shape index (κ1) is 16.1. The molecule has 1 aliphatic heterocycles. The van der Waals surface area contributed by atoms with Gasteiger partial charge in [0.05, 0.1) is 25.9 Å². The number of hydrogen-bond acceptors (Lipinski definition) is 4. The van der Waals surface area contributed by atoms with Gasteiger partial charge >= 0.3 is 0 Å². The van der Waals surface area contributed by atoms with Gasteiger partial charge < -0.3 is 14.4 Å². The van der Waals surface area contributed by atoms with Crippen LogP contribution in [0.5, 0.6) is 11.5 Å². The minimum absolute atomic E-state index is 0.0175. The minimum Gasteiger partial charge on any atom is -0.497 e. The molecule has 0 N–H and O–H groups in total. The molecule has 124 valence electrons. The van der Waals surface area contributed by atoms with E-state index in [4.69, 9.17) is 9.47 Å². The van der Waals surface area contributed by atoms with Crippen LogP contribution in [0.25, 0.3) is 0 Å². The molecule has 2 aromatic rings. The zero-order chi connectivity index (χ0) is 17.1. The van der Waals surface area contributed by atoms with Gasteiger partial charge in [-0.25, -0.2) is 4.39 Å². The van der Waals surface area contributed by atoms with Crippen molar-refractivity contribution >= 4 is 5.69 Å². The van der Waals surface area contributed by atoms with E-state index in [9.17, 15) is 9.65 Å². The molecule has 1 heterocycles. The predicted molar refractivity (Wildman–Crippen MR) is 90.0 cm³/mol. The third kappa shape index (κ3) is 2.76. The Balaban J connectivity index is 2.07. The molecule has 0 spiro atoms. The zero-order valence-corrected chi connectivity index (χ0v) is 13.8. The smallest absolute Gasteiger partial charge is 0.143 e. The molecular weight excluding hydrogens is 307 g/mol. The zero-order valence-electron chi connectivity index (χ0n) is 13.8. The first-order valence-corrected chi connectivity index (χ1v) is 7.86. The van der Waals surface area contributed by atoms with Crippen molar-refractivity contribution in [1.29, 1.82) is 5.26 Å². The average Bonchev–Trinajstić information content (AvgIpc) is 3.10. The summed E-state index contributed by atoms with van der Waals surface area (Å²) in [5.41, 5.74) is 1.71. The summed E-state index contributed by atoms with van der Waals surface area (Å²) in [4.78, 5) is 2.08. The standard InChI is InChI=1S/C19H19FN2O2/c1-23-13-8-9-19(24-2)14(11-13)17-7-4-10-22(17)18-6-3-5-16(20)15(18)12-21/h3,5-6,8-9,11,17H,4,7,10H2,1-2H3/t17-/m1/s1. The number of rotatable bonds is 4. The molecule has 24 heavy (non-hydrogen) atoms. The summed E-state index contributed by atoms with van der Waals surface area (Å²) in [5, 5.41) is 9.34. The summed E-state index contributed by atoms with van der Waals surface area (Å²) in [7, 11) is 3.26. The highest BCUT2D eigenvalue weighted by Crippen LogP contribution is 2.42. The van der Waals surface area contributed by atoms with Gasteiger partial charge in [0.2, 0.25) is 0 Å². The van der Waals surface area contributed by atoms with Crippen LogP contribution in [0.15, 0.2) is 36.4 Å². The van der Waals surface area contributed by atoms with E-state index in [0.717, 1.165) is 36.4 Å². The van der Waals surface area contributed by atoms with Crippen LogP contribution < -0.4 is 14.4 Å². The summed E-state index contributed by atoms with van der Waals surface area (Å²) < 4.78 is 24.8. The highest BCUT2D eigenvalue weighted by Gasteiger charge is 2.31. The molecule has 0 aromatic heterocycles. The molecule has 0 unspecified atom stereocenters.